The van der Waals surface area contributed by atoms with Crippen LogP contribution in [0.4, 0.5) is 5.00 Å². The van der Waals surface area contributed by atoms with Gasteiger partial charge in [-0.1, -0.05) is 0 Å². The minimum atomic E-state index is -0.794. The lowest BCUT2D eigenvalue weighted by Crippen LogP contribution is -2.41. The molecule has 0 aliphatic heterocycles. The summed E-state index contributed by atoms with van der Waals surface area (Å²) in [6.07, 6.45) is 5.14. The van der Waals surface area contributed by atoms with E-state index in [1.807, 2.05) is 0 Å². The van der Waals surface area contributed by atoms with Gasteiger partial charge in [0.1, 0.15) is 11.0 Å². The zero-order valence-corrected chi connectivity index (χ0v) is 14.6. The van der Waals surface area contributed by atoms with E-state index in [2.05, 4.69) is 10.6 Å². The number of aryl methyl sites for hydroxylation is 1. The van der Waals surface area contributed by atoms with Crippen molar-refractivity contribution < 1.29 is 18.8 Å². The van der Waals surface area contributed by atoms with Gasteiger partial charge in [0.15, 0.2) is 5.76 Å². The highest BCUT2D eigenvalue weighted by Gasteiger charge is 2.26. The summed E-state index contributed by atoms with van der Waals surface area (Å²) in [4.78, 5) is 37.3. The van der Waals surface area contributed by atoms with Gasteiger partial charge in [-0.2, -0.15) is 0 Å². The Hall–Kier alpha value is -2.61. The van der Waals surface area contributed by atoms with Crippen LogP contribution in [-0.2, 0) is 17.6 Å². The molecule has 3 rings (SSSR count). The van der Waals surface area contributed by atoms with E-state index in [0.717, 1.165) is 36.1 Å². The molecule has 4 N–H and O–H groups in total. The molecule has 25 heavy (non-hydrogen) atoms. The van der Waals surface area contributed by atoms with Gasteiger partial charge in [-0.15, -0.1) is 11.3 Å². The number of thiophene rings is 1. The average Bonchev–Trinajstić information content (AvgIpc) is 3.21. The molecule has 0 unspecified atom stereocenters. The normalized spacial score (nSPS) is 14.4. The highest BCUT2D eigenvalue weighted by Crippen LogP contribution is 2.37. The van der Waals surface area contributed by atoms with Gasteiger partial charge in [0.25, 0.3) is 11.8 Å². The Labute approximate surface area is 148 Å². The Morgan fingerprint density at radius 3 is 2.72 bits per heavy atom. The van der Waals surface area contributed by atoms with Crippen LogP contribution < -0.4 is 16.4 Å². The van der Waals surface area contributed by atoms with Crippen molar-refractivity contribution in [2.24, 2.45) is 5.73 Å². The summed E-state index contributed by atoms with van der Waals surface area (Å²) in [6.45, 7) is 1.56. The van der Waals surface area contributed by atoms with Crippen molar-refractivity contribution in [3.05, 3.63) is 40.2 Å². The first-order chi connectivity index (χ1) is 12.0. The maximum absolute atomic E-state index is 12.4. The first-order valence-electron chi connectivity index (χ1n) is 8.07. The zero-order valence-electron chi connectivity index (χ0n) is 13.8. The van der Waals surface area contributed by atoms with E-state index in [1.54, 1.807) is 13.0 Å². The molecule has 132 valence electrons. The van der Waals surface area contributed by atoms with Gasteiger partial charge in [-0.05, 0) is 50.3 Å². The van der Waals surface area contributed by atoms with Gasteiger partial charge < -0.3 is 20.8 Å². The summed E-state index contributed by atoms with van der Waals surface area (Å²) in [5, 5.41) is 5.75. The maximum Gasteiger partial charge on any atom is 0.287 e. The van der Waals surface area contributed by atoms with Crippen molar-refractivity contribution in [1.29, 1.82) is 0 Å². The molecule has 0 fully saturated rings. The van der Waals surface area contributed by atoms with Crippen molar-refractivity contribution in [2.75, 3.05) is 5.32 Å². The van der Waals surface area contributed by atoms with Gasteiger partial charge in [-0.3, -0.25) is 14.4 Å². The predicted molar refractivity (Wildman–Crippen MR) is 93.7 cm³/mol. The van der Waals surface area contributed by atoms with E-state index in [9.17, 15) is 14.4 Å². The van der Waals surface area contributed by atoms with Crippen LogP contribution >= 0.6 is 11.3 Å². The second kappa shape index (κ2) is 7.10. The van der Waals surface area contributed by atoms with Crippen LogP contribution in [0.5, 0.6) is 0 Å². The number of nitrogens with two attached hydrogens (primary N) is 1. The third kappa shape index (κ3) is 3.58. The molecule has 3 amide bonds. The third-order valence-corrected chi connectivity index (χ3v) is 5.35. The summed E-state index contributed by atoms with van der Waals surface area (Å²) < 4.78 is 5.00. The number of hydrogen-bond acceptors (Lipinski definition) is 5. The number of carbonyl (C=O) groups excluding carboxylic acids is 3. The van der Waals surface area contributed by atoms with E-state index in [1.165, 1.54) is 23.7 Å². The van der Waals surface area contributed by atoms with Crippen molar-refractivity contribution in [1.82, 2.24) is 5.32 Å². The van der Waals surface area contributed by atoms with Crippen LogP contribution in [0, 0.1) is 0 Å². The molecular weight excluding hydrogens is 342 g/mol. The number of hydrogen-bond donors (Lipinski definition) is 3. The number of carbonyl (C=O) groups is 3. The molecule has 0 spiro atoms. The Morgan fingerprint density at radius 2 is 2.04 bits per heavy atom. The number of furan rings is 1. The molecule has 2 aromatic heterocycles. The largest absolute Gasteiger partial charge is 0.459 e. The predicted octanol–water partition coefficient (Wildman–Crippen LogP) is 2.08. The molecule has 0 bridgehead atoms. The van der Waals surface area contributed by atoms with Gasteiger partial charge in [-0.25, -0.2) is 0 Å². The van der Waals surface area contributed by atoms with Gasteiger partial charge in [0, 0.05) is 4.88 Å². The Balaban J connectivity index is 1.73. The SMILES string of the molecule is C[C@@H](NC(=O)c1ccco1)C(=O)Nc1sc2c(c1C(N)=O)CCCC2. The summed E-state index contributed by atoms with van der Waals surface area (Å²) >= 11 is 1.39. The molecule has 0 saturated heterocycles. The van der Waals surface area contributed by atoms with Gasteiger partial charge >= 0.3 is 0 Å². The average molecular weight is 361 g/mol. The van der Waals surface area contributed by atoms with Crippen LogP contribution in [0.2, 0.25) is 0 Å². The highest BCUT2D eigenvalue weighted by molar-refractivity contribution is 7.17. The van der Waals surface area contributed by atoms with Crippen LogP contribution in [0.1, 0.15) is 51.1 Å². The smallest absolute Gasteiger partial charge is 0.287 e. The lowest BCUT2D eigenvalue weighted by molar-refractivity contribution is -0.117. The van der Waals surface area contributed by atoms with Crippen LogP contribution in [0.3, 0.4) is 0 Å². The fourth-order valence-corrected chi connectivity index (χ4v) is 4.17. The minimum absolute atomic E-state index is 0.129. The third-order valence-electron chi connectivity index (χ3n) is 4.14. The quantitative estimate of drug-likeness (QED) is 0.756. The molecule has 1 atom stereocenters. The molecule has 2 heterocycles. The summed E-state index contributed by atoms with van der Waals surface area (Å²) in [5.41, 5.74) is 6.86. The number of nitrogens with one attached hydrogen (secondary N) is 2. The van der Waals surface area contributed by atoms with E-state index in [4.69, 9.17) is 10.2 Å². The van der Waals surface area contributed by atoms with Gasteiger partial charge in [0.2, 0.25) is 5.91 Å². The number of primary amides is 1. The standard InChI is InChI=1S/C17H19N3O4S/c1-9(19-16(23)11-6-4-8-24-11)15(22)20-17-13(14(18)21)10-5-2-3-7-12(10)25-17/h4,6,8-9H,2-3,5,7H2,1H3,(H2,18,21)(H,19,23)(H,20,22)/t9-/m1/s1. The highest BCUT2D eigenvalue weighted by atomic mass is 32.1. The van der Waals surface area contributed by atoms with E-state index in [-0.39, 0.29) is 5.76 Å². The first-order valence-corrected chi connectivity index (χ1v) is 8.88. The number of fused-ring (bicyclic) bond motifs is 1. The molecule has 0 radical (unpaired) electrons. The van der Waals surface area contributed by atoms with Crippen molar-refractivity contribution in [3.63, 3.8) is 0 Å². The molecule has 7 nitrogen and oxygen atoms in total. The first kappa shape index (κ1) is 17.2. The molecule has 1 aliphatic carbocycles. The summed E-state index contributed by atoms with van der Waals surface area (Å²) in [7, 11) is 0. The van der Waals surface area contributed by atoms with E-state index < -0.39 is 23.8 Å². The number of rotatable bonds is 5. The molecule has 0 aromatic carbocycles. The van der Waals surface area contributed by atoms with Gasteiger partial charge in [0.05, 0.1) is 11.8 Å². The summed E-state index contributed by atoms with van der Waals surface area (Å²) in [5.74, 6) is -1.31. The zero-order chi connectivity index (χ0) is 18.0. The van der Waals surface area contributed by atoms with Crippen molar-refractivity contribution in [2.45, 2.75) is 38.6 Å². The molecule has 0 saturated carbocycles. The molecule has 8 heteroatoms. The fraction of sp³-hybridized carbons (Fsp3) is 0.353. The molecule has 2 aromatic rings. The molecular formula is C17H19N3O4S. The monoisotopic (exact) mass is 361 g/mol. The minimum Gasteiger partial charge on any atom is -0.459 e. The van der Waals surface area contributed by atoms with Crippen LogP contribution in [-0.4, -0.2) is 23.8 Å². The van der Waals surface area contributed by atoms with Crippen molar-refractivity contribution in [3.8, 4) is 0 Å². The topological polar surface area (TPSA) is 114 Å². The Kier molecular flexibility index (Phi) is 4.89. The summed E-state index contributed by atoms with van der Waals surface area (Å²) in [6, 6.07) is 2.31. The maximum atomic E-state index is 12.4. The Morgan fingerprint density at radius 1 is 1.28 bits per heavy atom. The lowest BCUT2D eigenvalue weighted by Gasteiger charge is -2.13. The number of anilines is 1. The Bertz CT molecular complexity index is 810. The van der Waals surface area contributed by atoms with Crippen LogP contribution in [0.25, 0.3) is 0 Å². The van der Waals surface area contributed by atoms with E-state index >= 15 is 0 Å². The van der Waals surface area contributed by atoms with E-state index in [0.29, 0.717) is 10.6 Å². The lowest BCUT2D eigenvalue weighted by atomic mass is 9.95. The second-order valence-electron chi connectivity index (χ2n) is 5.94. The van der Waals surface area contributed by atoms with Crippen LogP contribution in [0.15, 0.2) is 22.8 Å². The second-order valence-corrected chi connectivity index (χ2v) is 7.05. The molecule has 1 aliphatic rings. The van der Waals surface area contributed by atoms with Crippen molar-refractivity contribution >= 4 is 34.1 Å². The fourth-order valence-electron chi connectivity index (χ4n) is 2.88. The number of amides is 3.